The number of fused-ring (bicyclic) bond motifs is 2. The fraction of sp³-hybridized carbons (Fsp3) is 0. The Hall–Kier alpha value is -6.84. The average Bonchev–Trinajstić information content (AvgIpc) is 3.20. The van der Waals surface area contributed by atoms with E-state index in [0.29, 0.717) is 11.1 Å². The van der Waals surface area contributed by atoms with Gasteiger partial charge in [-0.15, -0.1) is 0 Å². The van der Waals surface area contributed by atoms with Crippen LogP contribution in [-0.4, -0.2) is 12.1 Å². The second-order valence-corrected chi connectivity index (χ2v) is 12.5. The summed E-state index contributed by atoms with van der Waals surface area (Å²) < 4.78 is 0. The summed E-state index contributed by atoms with van der Waals surface area (Å²) in [4.78, 5) is 27.4. The number of carbonyl (C=O) groups excluding carboxylic acids is 2. The number of anilines is 3. The van der Waals surface area contributed by atoms with Crippen LogP contribution >= 0.6 is 0 Å². The van der Waals surface area contributed by atoms with Gasteiger partial charge >= 0.3 is 0 Å². The lowest BCUT2D eigenvalue weighted by atomic mass is 9.98. The van der Waals surface area contributed by atoms with Gasteiger partial charge in [-0.2, -0.15) is 0 Å². The molecule has 0 radical (unpaired) electrons. The minimum atomic E-state index is -0.204. The summed E-state index contributed by atoms with van der Waals surface area (Å²) in [7, 11) is 0. The van der Waals surface area contributed by atoms with Crippen molar-refractivity contribution in [2.75, 3.05) is 4.90 Å². The van der Waals surface area contributed by atoms with E-state index < -0.39 is 0 Å². The van der Waals surface area contributed by atoms with Crippen LogP contribution in [-0.2, 0) is 0 Å². The molecule has 3 heteroatoms. The van der Waals surface area contributed by atoms with E-state index >= 15 is 0 Å². The summed E-state index contributed by atoms with van der Waals surface area (Å²) in [5.74, 6) is -0.204. The van der Waals surface area contributed by atoms with E-state index in [1.165, 1.54) is 5.56 Å². The largest absolute Gasteiger partial charge is 0.310 e. The van der Waals surface area contributed by atoms with Gasteiger partial charge in [0.25, 0.3) is 0 Å². The molecule has 0 aromatic heterocycles. The van der Waals surface area contributed by atoms with Gasteiger partial charge in [-0.05, 0) is 98.4 Å². The first-order chi connectivity index (χ1) is 25.1. The van der Waals surface area contributed by atoms with E-state index in [0.717, 1.165) is 67.1 Å². The van der Waals surface area contributed by atoms with Gasteiger partial charge in [-0.3, -0.25) is 9.59 Å². The molecule has 242 valence electrons. The highest BCUT2D eigenvalue weighted by atomic mass is 16.1. The fourth-order valence-corrected chi connectivity index (χ4v) is 6.72. The predicted molar refractivity (Wildman–Crippen MR) is 212 cm³/mol. The number of allylic oxidation sites excluding steroid dienone is 1. The number of rotatable bonds is 9. The van der Waals surface area contributed by atoms with Crippen LogP contribution in [0.25, 0.3) is 49.9 Å². The summed E-state index contributed by atoms with van der Waals surface area (Å²) in [6, 6.07) is 62.2. The Morgan fingerprint density at radius 3 is 1.78 bits per heavy atom. The van der Waals surface area contributed by atoms with E-state index in [9.17, 15) is 9.59 Å². The van der Waals surface area contributed by atoms with E-state index in [-0.39, 0.29) is 5.78 Å². The van der Waals surface area contributed by atoms with Gasteiger partial charge in [0.05, 0.1) is 5.69 Å². The van der Waals surface area contributed by atoms with E-state index in [1.54, 1.807) is 18.2 Å². The third kappa shape index (κ3) is 6.49. The minimum Gasteiger partial charge on any atom is -0.310 e. The van der Waals surface area contributed by atoms with Crippen molar-refractivity contribution >= 4 is 56.8 Å². The Bertz CT molecular complexity index is 2550. The first-order valence-corrected chi connectivity index (χ1v) is 17.0. The molecule has 0 spiro atoms. The normalized spacial score (nSPS) is 11.2. The molecule has 0 fully saturated rings. The molecular weight excluding hydrogens is 623 g/mol. The number of nitrogens with zero attached hydrogens (tertiary/aromatic N) is 1. The van der Waals surface area contributed by atoms with Crippen molar-refractivity contribution in [2.45, 2.75) is 0 Å². The second-order valence-electron chi connectivity index (χ2n) is 12.5. The van der Waals surface area contributed by atoms with Crippen molar-refractivity contribution in [1.29, 1.82) is 0 Å². The molecule has 8 aromatic rings. The van der Waals surface area contributed by atoms with Crippen LogP contribution in [0.1, 0.15) is 26.3 Å². The molecule has 0 saturated heterocycles. The molecule has 0 saturated carbocycles. The van der Waals surface area contributed by atoms with Gasteiger partial charge in [0.2, 0.25) is 0 Å². The maximum Gasteiger partial charge on any atom is 0.186 e. The zero-order chi connectivity index (χ0) is 34.6. The topological polar surface area (TPSA) is 37.4 Å². The van der Waals surface area contributed by atoms with Crippen LogP contribution in [0.15, 0.2) is 188 Å². The molecule has 0 aliphatic heterocycles. The van der Waals surface area contributed by atoms with Crippen LogP contribution in [0, 0.1) is 0 Å². The van der Waals surface area contributed by atoms with Gasteiger partial charge in [0, 0.05) is 28.1 Å². The van der Waals surface area contributed by atoms with Crippen molar-refractivity contribution in [3.63, 3.8) is 0 Å². The number of para-hydroxylation sites is 1. The van der Waals surface area contributed by atoms with Crippen molar-refractivity contribution in [2.24, 2.45) is 0 Å². The maximum absolute atomic E-state index is 13.3. The highest BCUT2D eigenvalue weighted by Gasteiger charge is 2.18. The fourth-order valence-electron chi connectivity index (χ4n) is 6.72. The predicted octanol–water partition coefficient (Wildman–Crippen LogP) is 12.5. The Labute approximate surface area is 297 Å². The number of hydrogen-bond donors (Lipinski definition) is 0. The lowest BCUT2D eigenvalue weighted by molar-refractivity contribution is 0.103. The van der Waals surface area contributed by atoms with Crippen LogP contribution in [0.5, 0.6) is 0 Å². The Kier molecular flexibility index (Phi) is 8.60. The first-order valence-electron chi connectivity index (χ1n) is 17.0. The Balaban J connectivity index is 1.15. The average molecular weight is 656 g/mol. The van der Waals surface area contributed by atoms with E-state index in [1.807, 2.05) is 48.5 Å². The molecule has 0 atom stereocenters. The molecule has 0 N–H and O–H groups in total. The molecule has 0 amide bonds. The highest BCUT2D eigenvalue weighted by Crippen LogP contribution is 2.42. The van der Waals surface area contributed by atoms with Crippen LogP contribution in [0.4, 0.5) is 17.1 Å². The van der Waals surface area contributed by atoms with Gasteiger partial charge in [0.1, 0.15) is 0 Å². The van der Waals surface area contributed by atoms with Crippen LogP contribution < -0.4 is 4.90 Å². The Morgan fingerprint density at radius 2 is 1.04 bits per heavy atom. The number of aldehydes is 1. The smallest absolute Gasteiger partial charge is 0.186 e. The summed E-state index contributed by atoms with van der Waals surface area (Å²) in [5, 5.41) is 3.99. The van der Waals surface area contributed by atoms with Crippen LogP contribution in [0.2, 0.25) is 0 Å². The zero-order valence-electron chi connectivity index (χ0n) is 27.8. The van der Waals surface area contributed by atoms with Gasteiger partial charge < -0.3 is 4.90 Å². The first kappa shape index (κ1) is 31.4. The highest BCUT2D eigenvalue weighted by molar-refractivity contribution is 6.13. The molecule has 8 rings (SSSR count). The van der Waals surface area contributed by atoms with Gasteiger partial charge in [-0.1, -0.05) is 140 Å². The third-order valence-electron chi connectivity index (χ3n) is 9.31. The van der Waals surface area contributed by atoms with E-state index in [4.69, 9.17) is 0 Å². The van der Waals surface area contributed by atoms with Crippen molar-refractivity contribution in [1.82, 2.24) is 0 Å². The SMILES string of the molecule is O=Cc1cc2ccccc2cc1C(=O)/C=C/c1ccc2cc(N(c3ccc(-c4ccccc4)cc3)c3ccccc3-c3ccccc3)ccc2c1. The van der Waals surface area contributed by atoms with E-state index in [2.05, 4.69) is 132 Å². The molecular formula is C48H33NO2. The monoisotopic (exact) mass is 655 g/mol. The molecule has 8 aromatic carbocycles. The number of benzene rings is 8. The molecule has 0 unspecified atom stereocenters. The molecule has 0 aliphatic carbocycles. The molecule has 0 bridgehead atoms. The maximum atomic E-state index is 13.3. The van der Waals surface area contributed by atoms with Gasteiger partial charge in [-0.25, -0.2) is 0 Å². The lowest BCUT2D eigenvalue weighted by Crippen LogP contribution is -2.11. The Morgan fingerprint density at radius 1 is 0.471 bits per heavy atom. The van der Waals surface area contributed by atoms with Gasteiger partial charge in [0.15, 0.2) is 12.1 Å². The summed E-state index contributed by atoms with van der Waals surface area (Å²) in [5.41, 5.74) is 9.50. The van der Waals surface area contributed by atoms with Crippen molar-refractivity contribution in [3.8, 4) is 22.3 Å². The van der Waals surface area contributed by atoms with Crippen molar-refractivity contribution in [3.05, 3.63) is 205 Å². The molecule has 0 heterocycles. The number of carbonyl (C=O) groups is 2. The molecule has 3 nitrogen and oxygen atoms in total. The minimum absolute atomic E-state index is 0.204. The second kappa shape index (κ2) is 13.9. The molecule has 51 heavy (non-hydrogen) atoms. The zero-order valence-corrected chi connectivity index (χ0v) is 27.8. The van der Waals surface area contributed by atoms with Crippen LogP contribution in [0.3, 0.4) is 0 Å². The van der Waals surface area contributed by atoms with Crippen molar-refractivity contribution < 1.29 is 9.59 Å². The quantitative estimate of drug-likeness (QED) is 0.0882. The number of hydrogen-bond acceptors (Lipinski definition) is 3. The molecule has 0 aliphatic rings. The number of ketones is 1. The lowest BCUT2D eigenvalue weighted by Gasteiger charge is -2.28. The summed E-state index contributed by atoms with van der Waals surface area (Å²) in [6.45, 7) is 0. The summed E-state index contributed by atoms with van der Waals surface area (Å²) >= 11 is 0. The summed E-state index contributed by atoms with van der Waals surface area (Å²) in [6.07, 6.45) is 4.12. The third-order valence-corrected chi connectivity index (χ3v) is 9.31. The standard InChI is InChI=1S/C48H33NO2/c50-33-42-30-38-15-7-8-16-39(38)32-46(42)48(51)28-20-34-19-21-41-31-44(27-24-40(41)29-34)49(43-25-22-36(23-26-43)35-11-3-1-4-12-35)47-18-10-9-17-45(47)37-13-5-2-6-14-37/h1-33H/b28-20+.